The average Bonchev–Trinajstić information content (AvgIpc) is 2.40. The van der Waals surface area contributed by atoms with Crippen molar-refractivity contribution in [3.05, 3.63) is 28.7 Å². The molecule has 1 aliphatic heterocycles. The predicted molar refractivity (Wildman–Crippen MR) is 79.6 cm³/mol. The number of piperazine rings is 1. The van der Waals surface area contributed by atoms with Gasteiger partial charge in [0.15, 0.2) is 0 Å². The highest BCUT2D eigenvalue weighted by Crippen LogP contribution is 2.23. The third-order valence-corrected chi connectivity index (χ3v) is 5.83. The SMILES string of the molecule is CCCC1CNCCN1S(=O)(=O)c1ccc(Br)cc1. The topological polar surface area (TPSA) is 49.4 Å². The minimum Gasteiger partial charge on any atom is -0.314 e. The van der Waals surface area contributed by atoms with Crippen molar-refractivity contribution >= 4 is 26.0 Å². The molecule has 1 N–H and O–H groups in total. The van der Waals surface area contributed by atoms with Gasteiger partial charge in [-0.1, -0.05) is 29.3 Å². The van der Waals surface area contributed by atoms with Crippen molar-refractivity contribution in [2.45, 2.75) is 30.7 Å². The van der Waals surface area contributed by atoms with Gasteiger partial charge in [-0.15, -0.1) is 0 Å². The first-order chi connectivity index (χ1) is 9.05. The number of hydrogen-bond donors (Lipinski definition) is 1. The fraction of sp³-hybridized carbons (Fsp3) is 0.538. The smallest absolute Gasteiger partial charge is 0.243 e. The van der Waals surface area contributed by atoms with Crippen LogP contribution in [0.15, 0.2) is 33.6 Å². The van der Waals surface area contributed by atoms with Crippen LogP contribution in [0.5, 0.6) is 0 Å². The minimum absolute atomic E-state index is 0.0624. The Morgan fingerprint density at radius 1 is 1.37 bits per heavy atom. The van der Waals surface area contributed by atoms with Gasteiger partial charge in [0.2, 0.25) is 10.0 Å². The van der Waals surface area contributed by atoms with Crippen LogP contribution >= 0.6 is 15.9 Å². The molecule has 1 saturated heterocycles. The lowest BCUT2D eigenvalue weighted by Gasteiger charge is -2.35. The van der Waals surface area contributed by atoms with E-state index in [1.54, 1.807) is 28.6 Å². The molecular weight excluding hydrogens is 328 g/mol. The third kappa shape index (κ3) is 3.37. The molecule has 6 heteroatoms. The molecule has 1 aromatic rings. The van der Waals surface area contributed by atoms with E-state index in [2.05, 4.69) is 28.2 Å². The minimum atomic E-state index is -3.38. The largest absolute Gasteiger partial charge is 0.314 e. The third-order valence-electron chi connectivity index (χ3n) is 3.34. The van der Waals surface area contributed by atoms with Crippen LogP contribution in [0.25, 0.3) is 0 Å². The van der Waals surface area contributed by atoms with Gasteiger partial charge in [0.05, 0.1) is 4.90 Å². The molecule has 1 aliphatic rings. The Morgan fingerprint density at radius 3 is 2.68 bits per heavy atom. The van der Waals surface area contributed by atoms with Crippen LogP contribution in [0.1, 0.15) is 19.8 Å². The van der Waals surface area contributed by atoms with Crippen LogP contribution < -0.4 is 5.32 Å². The van der Waals surface area contributed by atoms with E-state index in [9.17, 15) is 8.42 Å². The zero-order valence-electron chi connectivity index (χ0n) is 11.0. The van der Waals surface area contributed by atoms with Crippen molar-refractivity contribution in [2.75, 3.05) is 19.6 Å². The first-order valence-electron chi connectivity index (χ1n) is 6.54. The summed E-state index contributed by atoms with van der Waals surface area (Å²) in [5, 5.41) is 3.27. The quantitative estimate of drug-likeness (QED) is 0.909. The Kier molecular flexibility index (Phi) is 5.00. The number of hydrogen-bond acceptors (Lipinski definition) is 3. The Labute approximate surface area is 123 Å². The van der Waals surface area contributed by atoms with Gasteiger partial charge in [-0.05, 0) is 30.7 Å². The van der Waals surface area contributed by atoms with E-state index >= 15 is 0 Å². The average molecular weight is 347 g/mol. The van der Waals surface area contributed by atoms with Crippen molar-refractivity contribution in [3.63, 3.8) is 0 Å². The standard InChI is InChI=1S/C13H19BrN2O2S/c1-2-3-12-10-15-8-9-16(12)19(17,18)13-6-4-11(14)5-7-13/h4-7,12,15H,2-3,8-10H2,1H3. The van der Waals surface area contributed by atoms with Crippen molar-refractivity contribution in [1.82, 2.24) is 9.62 Å². The molecule has 1 heterocycles. The summed E-state index contributed by atoms with van der Waals surface area (Å²) in [6.07, 6.45) is 1.88. The molecule has 1 aromatic carbocycles. The normalized spacial score (nSPS) is 21.5. The molecule has 1 atom stereocenters. The molecule has 1 unspecified atom stereocenters. The Hall–Kier alpha value is -0.430. The van der Waals surface area contributed by atoms with Crippen LogP contribution in [0.2, 0.25) is 0 Å². The maximum atomic E-state index is 12.7. The van der Waals surface area contributed by atoms with Crippen LogP contribution in [0.3, 0.4) is 0 Å². The summed E-state index contributed by atoms with van der Waals surface area (Å²) in [6, 6.07) is 6.91. The Morgan fingerprint density at radius 2 is 2.05 bits per heavy atom. The number of nitrogens with zero attached hydrogens (tertiary/aromatic N) is 1. The summed E-state index contributed by atoms with van der Waals surface area (Å²) in [5.74, 6) is 0. The van der Waals surface area contributed by atoms with E-state index in [1.165, 1.54) is 0 Å². The first kappa shape index (κ1) is 15.0. The molecule has 0 bridgehead atoms. The van der Waals surface area contributed by atoms with Gasteiger partial charge in [0.1, 0.15) is 0 Å². The van der Waals surface area contributed by atoms with Crippen molar-refractivity contribution < 1.29 is 8.42 Å². The molecule has 0 amide bonds. The van der Waals surface area contributed by atoms with E-state index in [1.807, 2.05) is 0 Å². The monoisotopic (exact) mass is 346 g/mol. The second kappa shape index (κ2) is 6.35. The second-order valence-electron chi connectivity index (χ2n) is 4.72. The Bertz CT molecular complexity index is 514. The fourth-order valence-corrected chi connectivity index (χ4v) is 4.30. The maximum absolute atomic E-state index is 12.7. The van der Waals surface area contributed by atoms with E-state index in [0.29, 0.717) is 11.4 Å². The predicted octanol–water partition coefficient (Wildman–Crippen LogP) is 2.21. The molecule has 0 saturated carbocycles. The number of nitrogens with one attached hydrogen (secondary N) is 1. The zero-order chi connectivity index (χ0) is 13.9. The van der Waals surface area contributed by atoms with E-state index < -0.39 is 10.0 Å². The van der Waals surface area contributed by atoms with Gasteiger partial charge < -0.3 is 5.32 Å². The number of benzene rings is 1. The highest BCUT2D eigenvalue weighted by Gasteiger charge is 2.32. The van der Waals surface area contributed by atoms with Crippen LogP contribution in [-0.2, 0) is 10.0 Å². The summed E-state index contributed by atoms with van der Waals surface area (Å²) >= 11 is 3.33. The summed E-state index contributed by atoms with van der Waals surface area (Å²) in [5.41, 5.74) is 0. The van der Waals surface area contributed by atoms with E-state index in [0.717, 1.165) is 30.4 Å². The van der Waals surface area contributed by atoms with Crippen LogP contribution in [-0.4, -0.2) is 38.4 Å². The molecule has 4 nitrogen and oxygen atoms in total. The van der Waals surface area contributed by atoms with Gasteiger partial charge in [-0.25, -0.2) is 8.42 Å². The van der Waals surface area contributed by atoms with Crippen molar-refractivity contribution in [1.29, 1.82) is 0 Å². The van der Waals surface area contributed by atoms with Crippen LogP contribution in [0, 0.1) is 0 Å². The van der Waals surface area contributed by atoms with Crippen molar-refractivity contribution in [2.24, 2.45) is 0 Å². The van der Waals surface area contributed by atoms with Gasteiger partial charge in [0, 0.05) is 30.1 Å². The van der Waals surface area contributed by atoms with E-state index in [-0.39, 0.29) is 6.04 Å². The molecular formula is C13H19BrN2O2S. The molecule has 1 fully saturated rings. The zero-order valence-corrected chi connectivity index (χ0v) is 13.4. The van der Waals surface area contributed by atoms with Crippen LogP contribution in [0.4, 0.5) is 0 Å². The molecule has 0 aliphatic carbocycles. The summed E-state index contributed by atoms with van der Waals surface area (Å²) < 4.78 is 27.9. The lowest BCUT2D eigenvalue weighted by Crippen LogP contribution is -2.53. The lowest BCUT2D eigenvalue weighted by molar-refractivity contribution is 0.254. The molecule has 106 valence electrons. The van der Waals surface area contributed by atoms with E-state index in [4.69, 9.17) is 0 Å². The Balaban J connectivity index is 2.28. The summed E-state index contributed by atoms with van der Waals surface area (Å²) in [4.78, 5) is 0.374. The van der Waals surface area contributed by atoms with Gasteiger partial charge in [-0.2, -0.15) is 4.31 Å². The fourth-order valence-electron chi connectivity index (χ4n) is 2.38. The number of sulfonamides is 1. The number of rotatable bonds is 4. The summed E-state index contributed by atoms with van der Waals surface area (Å²) in [7, 11) is -3.38. The van der Waals surface area contributed by atoms with Gasteiger partial charge in [0.25, 0.3) is 0 Å². The molecule has 19 heavy (non-hydrogen) atoms. The highest BCUT2D eigenvalue weighted by atomic mass is 79.9. The van der Waals surface area contributed by atoms with Gasteiger partial charge >= 0.3 is 0 Å². The second-order valence-corrected chi connectivity index (χ2v) is 7.52. The van der Waals surface area contributed by atoms with Gasteiger partial charge in [-0.3, -0.25) is 0 Å². The lowest BCUT2D eigenvalue weighted by atomic mass is 10.1. The molecule has 0 aromatic heterocycles. The number of halogens is 1. The molecule has 0 radical (unpaired) electrons. The highest BCUT2D eigenvalue weighted by molar-refractivity contribution is 9.10. The molecule has 0 spiro atoms. The van der Waals surface area contributed by atoms with Crippen molar-refractivity contribution in [3.8, 4) is 0 Å². The first-order valence-corrected chi connectivity index (χ1v) is 8.77. The molecule has 2 rings (SSSR count). The summed E-state index contributed by atoms with van der Waals surface area (Å²) in [6.45, 7) is 4.08. The maximum Gasteiger partial charge on any atom is 0.243 e.